The van der Waals surface area contributed by atoms with E-state index in [4.69, 9.17) is 9.84 Å². The van der Waals surface area contributed by atoms with Gasteiger partial charge in [-0.3, -0.25) is 14.5 Å². The second kappa shape index (κ2) is 6.73. The molecule has 6 heteroatoms. The van der Waals surface area contributed by atoms with Gasteiger partial charge in [-0.05, 0) is 33.9 Å². The van der Waals surface area contributed by atoms with Crippen LogP contribution in [0.3, 0.4) is 0 Å². The van der Waals surface area contributed by atoms with Crippen LogP contribution in [0.4, 0.5) is 0 Å². The van der Waals surface area contributed by atoms with Crippen LogP contribution >= 0.6 is 0 Å². The van der Waals surface area contributed by atoms with Gasteiger partial charge in [0.05, 0.1) is 24.7 Å². The molecule has 1 N–H and O–H groups in total. The van der Waals surface area contributed by atoms with Gasteiger partial charge in [-0.1, -0.05) is 5.92 Å². The first-order valence-electron chi connectivity index (χ1n) is 6.55. The minimum absolute atomic E-state index is 0.0126. The number of amides is 1. The van der Waals surface area contributed by atoms with E-state index >= 15 is 0 Å². The van der Waals surface area contributed by atoms with Crippen molar-refractivity contribution in [2.75, 3.05) is 33.8 Å². The topological polar surface area (TPSA) is 70.1 Å². The predicted molar refractivity (Wildman–Crippen MR) is 74.1 cm³/mol. The molecule has 0 aromatic carbocycles. The Kier molecular flexibility index (Phi) is 5.54. The second-order valence-electron chi connectivity index (χ2n) is 5.55. The lowest BCUT2D eigenvalue weighted by Gasteiger charge is -2.37. The van der Waals surface area contributed by atoms with E-state index in [2.05, 4.69) is 11.8 Å². The van der Waals surface area contributed by atoms with Crippen molar-refractivity contribution in [3.63, 3.8) is 0 Å². The van der Waals surface area contributed by atoms with Crippen molar-refractivity contribution in [1.29, 1.82) is 0 Å². The SMILES string of the molecule is CN(C)C(C)(C)C#CC(=O)N1CC(OCCC(=O)O)C1. The number of nitrogens with zero attached hydrogens (tertiary/aromatic N) is 2. The summed E-state index contributed by atoms with van der Waals surface area (Å²) < 4.78 is 5.32. The molecule has 0 aromatic heterocycles. The fourth-order valence-corrected chi connectivity index (χ4v) is 1.42. The number of hydrogen-bond acceptors (Lipinski definition) is 4. The monoisotopic (exact) mass is 282 g/mol. The van der Waals surface area contributed by atoms with E-state index in [0.717, 1.165) is 0 Å². The molecule has 0 aliphatic carbocycles. The summed E-state index contributed by atoms with van der Waals surface area (Å²) in [6, 6.07) is 0. The third kappa shape index (κ3) is 4.83. The summed E-state index contributed by atoms with van der Waals surface area (Å²) in [7, 11) is 3.82. The number of carbonyl (C=O) groups excluding carboxylic acids is 1. The first kappa shape index (κ1) is 16.5. The number of aliphatic carboxylic acids is 1. The molecule has 6 nitrogen and oxygen atoms in total. The van der Waals surface area contributed by atoms with Gasteiger partial charge in [0.2, 0.25) is 0 Å². The maximum Gasteiger partial charge on any atom is 0.305 e. The fraction of sp³-hybridized carbons (Fsp3) is 0.714. The average Bonchev–Trinajstić information content (AvgIpc) is 2.28. The third-order valence-electron chi connectivity index (χ3n) is 3.40. The van der Waals surface area contributed by atoms with E-state index in [9.17, 15) is 9.59 Å². The third-order valence-corrected chi connectivity index (χ3v) is 3.40. The highest BCUT2D eigenvalue weighted by Crippen LogP contribution is 2.12. The summed E-state index contributed by atoms with van der Waals surface area (Å²) in [6.07, 6.45) is -0.0803. The Balaban J connectivity index is 2.32. The molecule has 1 aliphatic rings. The van der Waals surface area contributed by atoms with Crippen molar-refractivity contribution in [3.05, 3.63) is 0 Å². The quantitative estimate of drug-likeness (QED) is 0.721. The van der Waals surface area contributed by atoms with Gasteiger partial charge in [-0.25, -0.2) is 0 Å². The van der Waals surface area contributed by atoms with Crippen LogP contribution in [0.25, 0.3) is 0 Å². The summed E-state index contributed by atoms with van der Waals surface area (Å²) in [6.45, 7) is 5.04. The highest BCUT2D eigenvalue weighted by atomic mass is 16.5. The molecule has 1 aliphatic heterocycles. The number of rotatable bonds is 5. The van der Waals surface area contributed by atoms with E-state index in [1.807, 2.05) is 32.8 Å². The Morgan fingerprint density at radius 2 is 2.00 bits per heavy atom. The van der Waals surface area contributed by atoms with Crippen molar-refractivity contribution in [1.82, 2.24) is 9.80 Å². The minimum Gasteiger partial charge on any atom is -0.481 e. The Morgan fingerprint density at radius 1 is 1.40 bits per heavy atom. The smallest absolute Gasteiger partial charge is 0.305 e. The van der Waals surface area contributed by atoms with Gasteiger partial charge in [0.15, 0.2) is 0 Å². The fourth-order valence-electron chi connectivity index (χ4n) is 1.42. The zero-order valence-electron chi connectivity index (χ0n) is 12.5. The number of likely N-dealkylation sites (tertiary alicyclic amines) is 1. The lowest BCUT2D eigenvalue weighted by atomic mass is 10.1. The summed E-state index contributed by atoms with van der Waals surface area (Å²) >= 11 is 0. The molecular weight excluding hydrogens is 260 g/mol. The Labute approximate surface area is 119 Å². The van der Waals surface area contributed by atoms with E-state index in [-0.39, 0.29) is 30.6 Å². The number of ether oxygens (including phenoxy) is 1. The number of carboxylic acids is 1. The Hall–Kier alpha value is -1.58. The van der Waals surface area contributed by atoms with Crippen LogP contribution in [0.5, 0.6) is 0 Å². The van der Waals surface area contributed by atoms with Crippen LogP contribution in [0.1, 0.15) is 20.3 Å². The van der Waals surface area contributed by atoms with Crippen LogP contribution in [0.2, 0.25) is 0 Å². The Bertz CT molecular complexity index is 428. The molecule has 0 saturated carbocycles. The van der Waals surface area contributed by atoms with Gasteiger partial charge >= 0.3 is 5.97 Å². The molecule has 1 saturated heterocycles. The molecule has 1 amide bonds. The summed E-state index contributed by atoms with van der Waals surface area (Å²) in [4.78, 5) is 25.7. The number of carbonyl (C=O) groups is 2. The van der Waals surface area contributed by atoms with E-state index in [0.29, 0.717) is 13.1 Å². The number of hydrogen-bond donors (Lipinski definition) is 1. The molecule has 0 aromatic rings. The minimum atomic E-state index is -0.881. The van der Waals surface area contributed by atoms with E-state index in [1.165, 1.54) is 0 Å². The highest BCUT2D eigenvalue weighted by Gasteiger charge is 2.30. The molecule has 1 heterocycles. The van der Waals surface area contributed by atoms with Crippen LogP contribution < -0.4 is 0 Å². The van der Waals surface area contributed by atoms with Gasteiger partial charge in [-0.15, -0.1) is 0 Å². The van der Waals surface area contributed by atoms with Gasteiger partial charge in [0.1, 0.15) is 0 Å². The first-order chi connectivity index (χ1) is 9.22. The molecular formula is C14H22N2O4. The highest BCUT2D eigenvalue weighted by molar-refractivity contribution is 5.94. The van der Waals surface area contributed by atoms with Crippen LogP contribution in [-0.2, 0) is 14.3 Å². The predicted octanol–water partition coefficient (Wildman–Crippen LogP) is 0.0321. The van der Waals surface area contributed by atoms with E-state index < -0.39 is 5.97 Å². The normalized spacial score (nSPS) is 15.6. The average molecular weight is 282 g/mol. The maximum atomic E-state index is 11.8. The molecule has 1 fully saturated rings. The lowest BCUT2D eigenvalue weighted by molar-refractivity contribution is -0.144. The van der Waals surface area contributed by atoms with Crippen LogP contribution in [0.15, 0.2) is 0 Å². The molecule has 0 bridgehead atoms. The molecule has 112 valence electrons. The summed E-state index contributed by atoms with van der Waals surface area (Å²) in [5.74, 6) is 4.50. The van der Waals surface area contributed by atoms with Crippen LogP contribution in [0, 0.1) is 11.8 Å². The molecule has 0 atom stereocenters. The maximum absolute atomic E-state index is 11.8. The van der Waals surface area contributed by atoms with Gasteiger partial charge in [-0.2, -0.15) is 0 Å². The van der Waals surface area contributed by atoms with Crippen molar-refractivity contribution in [3.8, 4) is 11.8 Å². The summed E-state index contributed by atoms with van der Waals surface area (Å²) in [5, 5.41) is 8.48. The van der Waals surface area contributed by atoms with Gasteiger partial charge in [0, 0.05) is 13.1 Å². The summed E-state index contributed by atoms with van der Waals surface area (Å²) in [5.41, 5.74) is -0.349. The largest absolute Gasteiger partial charge is 0.481 e. The lowest BCUT2D eigenvalue weighted by Crippen LogP contribution is -2.54. The second-order valence-corrected chi connectivity index (χ2v) is 5.55. The van der Waals surface area contributed by atoms with Crippen molar-refractivity contribution >= 4 is 11.9 Å². The number of carboxylic acid groups (broad SMARTS) is 1. The van der Waals surface area contributed by atoms with Crippen molar-refractivity contribution < 1.29 is 19.4 Å². The van der Waals surface area contributed by atoms with Gasteiger partial charge in [0.25, 0.3) is 5.91 Å². The van der Waals surface area contributed by atoms with Gasteiger partial charge < -0.3 is 14.7 Å². The van der Waals surface area contributed by atoms with Crippen LogP contribution in [-0.4, -0.2) is 72.2 Å². The van der Waals surface area contributed by atoms with Crippen molar-refractivity contribution in [2.45, 2.75) is 31.9 Å². The Morgan fingerprint density at radius 3 is 2.50 bits per heavy atom. The zero-order valence-corrected chi connectivity index (χ0v) is 12.5. The molecule has 1 rings (SSSR count). The standard InChI is InChI=1S/C14H22N2O4/c1-14(2,15(3)4)7-5-12(17)16-9-11(10-16)20-8-6-13(18)19/h11H,6,8-10H2,1-4H3,(H,18,19). The molecule has 0 spiro atoms. The van der Waals surface area contributed by atoms with E-state index in [1.54, 1.807) is 4.90 Å². The zero-order chi connectivity index (χ0) is 15.3. The molecule has 20 heavy (non-hydrogen) atoms. The first-order valence-corrected chi connectivity index (χ1v) is 6.55. The molecule has 0 unspecified atom stereocenters. The molecule has 0 radical (unpaired) electrons. The van der Waals surface area contributed by atoms with Crippen molar-refractivity contribution in [2.24, 2.45) is 0 Å².